The van der Waals surface area contributed by atoms with E-state index in [4.69, 9.17) is 10.5 Å². The number of nitrogens with zero attached hydrogens (tertiary/aromatic N) is 1. The number of nitrogens with two attached hydrogens (primary N) is 1. The molecular formula is C16H17FN2O. The Morgan fingerprint density at radius 3 is 2.85 bits per heavy atom. The van der Waals surface area contributed by atoms with Gasteiger partial charge in [0.05, 0.1) is 18.8 Å². The molecule has 1 aliphatic heterocycles. The molecule has 0 amide bonds. The molecule has 0 bridgehead atoms. The number of benzene rings is 2. The van der Waals surface area contributed by atoms with Crippen molar-refractivity contribution in [2.75, 3.05) is 18.6 Å². The Hall–Kier alpha value is -2.07. The normalized spacial score (nSPS) is 17.1. The minimum absolute atomic E-state index is 0.0167. The summed E-state index contributed by atoms with van der Waals surface area (Å²) in [5, 5.41) is 0. The SMILES string of the molecule is COc1ccccc1N1Cc2ccc(F)cc2C1CN. The first-order valence-corrected chi connectivity index (χ1v) is 6.62. The number of hydrogen-bond donors (Lipinski definition) is 1. The van der Waals surface area contributed by atoms with E-state index in [0.29, 0.717) is 6.54 Å². The highest BCUT2D eigenvalue weighted by Gasteiger charge is 2.31. The summed E-state index contributed by atoms with van der Waals surface area (Å²) in [6, 6.07) is 12.7. The second-order valence-corrected chi connectivity index (χ2v) is 4.89. The lowest BCUT2D eigenvalue weighted by Gasteiger charge is -2.27. The van der Waals surface area contributed by atoms with Crippen molar-refractivity contribution in [3.63, 3.8) is 0 Å². The van der Waals surface area contributed by atoms with Crippen molar-refractivity contribution in [1.29, 1.82) is 0 Å². The maximum atomic E-state index is 13.5. The monoisotopic (exact) mass is 272 g/mol. The predicted molar refractivity (Wildman–Crippen MR) is 77.4 cm³/mol. The number of halogens is 1. The number of ether oxygens (including phenoxy) is 1. The van der Waals surface area contributed by atoms with Gasteiger partial charge in [0.15, 0.2) is 0 Å². The van der Waals surface area contributed by atoms with Gasteiger partial charge in [-0.1, -0.05) is 18.2 Å². The van der Waals surface area contributed by atoms with E-state index < -0.39 is 0 Å². The van der Waals surface area contributed by atoms with Crippen LogP contribution in [0.1, 0.15) is 17.2 Å². The second-order valence-electron chi connectivity index (χ2n) is 4.89. The minimum atomic E-state index is -0.218. The zero-order valence-corrected chi connectivity index (χ0v) is 11.3. The molecule has 3 rings (SSSR count). The lowest BCUT2D eigenvalue weighted by atomic mass is 10.0. The zero-order chi connectivity index (χ0) is 14.1. The standard InChI is InChI=1S/C16H17FN2O/c1-20-16-5-3-2-4-14(16)19-10-11-6-7-12(17)8-13(11)15(19)9-18/h2-8,15H,9-10,18H2,1H3. The summed E-state index contributed by atoms with van der Waals surface area (Å²) in [5.74, 6) is 0.586. The summed E-state index contributed by atoms with van der Waals surface area (Å²) in [6.07, 6.45) is 0. The molecule has 3 nitrogen and oxygen atoms in total. The quantitative estimate of drug-likeness (QED) is 0.933. The lowest BCUT2D eigenvalue weighted by molar-refractivity contribution is 0.413. The number of fused-ring (bicyclic) bond motifs is 1. The molecule has 1 heterocycles. The molecule has 1 atom stereocenters. The molecule has 0 aromatic heterocycles. The average molecular weight is 272 g/mol. The van der Waals surface area contributed by atoms with Crippen molar-refractivity contribution in [2.45, 2.75) is 12.6 Å². The Bertz CT molecular complexity index is 630. The number of para-hydroxylation sites is 2. The van der Waals surface area contributed by atoms with Gasteiger partial charge in [-0.05, 0) is 35.4 Å². The molecule has 1 unspecified atom stereocenters. The predicted octanol–water partition coefficient (Wildman–Crippen LogP) is 2.85. The Morgan fingerprint density at radius 1 is 1.30 bits per heavy atom. The summed E-state index contributed by atoms with van der Waals surface area (Å²) in [7, 11) is 1.65. The lowest BCUT2D eigenvalue weighted by Crippen LogP contribution is -2.28. The van der Waals surface area contributed by atoms with Crippen molar-refractivity contribution < 1.29 is 9.13 Å². The van der Waals surface area contributed by atoms with Crippen molar-refractivity contribution >= 4 is 5.69 Å². The molecule has 4 heteroatoms. The van der Waals surface area contributed by atoms with Gasteiger partial charge in [0.25, 0.3) is 0 Å². The van der Waals surface area contributed by atoms with E-state index in [9.17, 15) is 4.39 Å². The molecule has 0 spiro atoms. The van der Waals surface area contributed by atoms with Crippen LogP contribution in [0, 0.1) is 5.82 Å². The maximum absolute atomic E-state index is 13.5. The topological polar surface area (TPSA) is 38.5 Å². The molecule has 0 saturated heterocycles. The summed E-state index contributed by atoms with van der Waals surface area (Å²) in [4.78, 5) is 2.17. The highest BCUT2D eigenvalue weighted by atomic mass is 19.1. The first-order chi connectivity index (χ1) is 9.74. The summed E-state index contributed by atoms with van der Waals surface area (Å²) in [6.45, 7) is 1.16. The van der Waals surface area contributed by atoms with Gasteiger partial charge in [0.2, 0.25) is 0 Å². The molecule has 0 fully saturated rings. The van der Waals surface area contributed by atoms with E-state index in [1.165, 1.54) is 6.07 Å². The van der Waals surface area contributed by atoms with Crippen LogP contribution in [-0.4, -0.2) is 13.7 Å². The summed E-state index contributed by atoms with van der Waals surface area (Å²) < 4.78 is 18.9. The fourth-order valence-electron chi connectivity index (χ4n) is 2.86. The van der Waals surface area contributed by atoms with Gasteiger partial charge in [-0.15, -0.1) is 0 Å². The molecular weight excluding hydrogens is 255 g/mol. The van der Waals surface area contributed by atoms with Crippen molar-refractivity contribution in [3.8, 4) is 5.75 Å². The smallest absolute Gasteiger partial charge is 0.142 e. The van der Waals surface area contributed by atoms with Crippen LogP contribution in [0.25, 0.3) is 0 Å². The minimum Gasteiger partial charge on any atom is -0.495 e. The Labute approximate surface area is 117 Å². The van der Waals surface area contributed by atoms with Gasteiger partial charge in [0, 0.05) is 13.1 Å². The third-order valence-electron chi connectivity index (χ3n) is 3.80. The molecule has 2 aromatic rings. The van der Waals surface area contributed by atoms with E-state index in [1.54, 1.807) is 13.2 Å². The van der Waals surface area contributed by atoms with Crippen LogP contribution in [0.15, 0.2) is 42.5 Å². The third kappa shape index (κ3) is 2.02. The van der Waals surface area contributed by atoms with E-state index in [2.05, 4.69) is 4.90 Å². The van der Waals surface area contributed by atoms with Crippen LogP contribution in [0.4, 0.5) is 10.1 Å². The third-order valence-corrected chi connectivity index (χ3v) is 3.80. The number of methoxy groups -OCH3 is 1. The first kappa shape index (κ1) is 12.9. The highest BCUT2D eigenvalue weighted by molar-refractivity contribution is 5.62. The molecule has 104 valence electrons. The van der Waals surface area contributed by atoms with Crippen LogP contribution in [-0.2, 0) is 6.54 Å². The molecule has 1 aliphatic rings. The fraction of sp³-hybridized carbons (Fsp3) is 0.250. The van der Waals surface area contributed by atoms with Gasteiger partial charge >= 0.3 is 0 Å². The van der Waals surface area contributed by atoms with E-state index >= 15 is 0 Å². The second kappa shape index (κ2) is 5.13. The average Bonchev–Trinajstić information content (AvgIpc) is 2.84. The highest BCUT2D eigenvalue weighted by Crippen LogP contribution is 2.40. The maximum Gasteiger partial charge on any atom is 0.142 e. The number of anilines is 1. The van der Waals surface area contributed by atoms with Crippen molar-refractivity contribution in [2.24, 2.45) is 5.73 Å². The van der Waals surface area contributed by atoms with Gasteiger partial charge in [0.1, 0.15) is 11.6 Å². The Kier molecular flexibility index (Phi) is 3.32. The van der Waals surface area contributed by atoms with Crippen molar-refractivity contribution in [1.82, 2.24) is 0 Å². The number of hydrogen-bond acceptors (Lipinski definition) is 3. The molecule has 0 aliphatic carbocycles. The Balaban J connectivity index is 2.04. The van der Waals surface area contributed by atoms with E-state index in [-0.39, 0.29) is 11.9 Å². The van der Waals surface area contributed by atoms with Crippen LogP contribution >= 0.6 is 0 Å². The first-order valence-electron chi connectivity index (χ1n) is 6.62. The molecule has 0 radical (unpaired) electrons. The van der Waals surface area contributed by atoms with Crippen LogP contribution < -0.4 is 15.4 Å². The van der Waals surface area contributed by atoms with Gasteiger partial charge in [-0.25, -0.2) is 4.39 Å². The summed E-state index contributed by atoms with van der Waals surface area (Å²) in [5.41, 5.74) is 8.99. The largest absolute Gasteiger partial charge is 0.495 e. The zero-order valence-electron chi connectivity index (χ0n) is 11.3. The van der Waals surface area contributed by atoms with E-state index in [0.717, 1.165) is 29.1 Å². The molecule has 2 N–H and O–H groups in total. The van der Waals surface area contributed by atoms with Gasteiger partial charge in [-0.3, -0.25) is 0 Å². The fourth-order valence-corrected chi connectivity index (χ4v) is 2.86. The van der Waals surface area contributed by atoms with Crippen LogP contribution in [0.2, 0.25) is 0 Å². The number of rotatable bonds is 3. The van der Waals surface area contributed by atoms with Crippen LogP contribution in [0.5, 0.6) is 5.75 Å². The molecule has 2 aromatic carbocycles. The molecule has 0 saturated carbocycles. The van der Waals surface area contributed by atoms with E-state index in [1.807, 2.05) is 30.3 Å². The van der Waals surface area contributed by atoms with Crippen molar-refractivity contribution in [3.05, 3.63) is 59.4 Å². The molecule has 20 heavy (non-hydrogen) atoms. The summed E-state index contributed by atoms with van der Waals surface area (Å²) >= 11 is 0. The van der Waals surface area contributed by atoms with Gasteiger partial charge in [-0.2, -0.15) is 0 Å². The van der Waals surface area contributed by atoms with Gasteiger partial charge < -0.3 is 15.4 Å². The van der Waals surface area contributed by atoms with Crippen LogP contribution in [0.3, 0.4) is 0 Å². The Morgan fingerprint density at radius 2 is 2.10 bits per heavy atom.